The van der Waals surface area contributed by atoms with Crippen LogP contribution in [0.5, 0.6) is 5.75 Å². The molecule has 0 radical (unpaired) electrons. The topological polar surface area (TPSA) is 96.0 Å². The summed E-state index contributed by atoms with van der Waals surface area (Å²) in [6, 6.07) is 2.73. The Morgan fingerprint density at radius 2 is 1.55 bits per heavy atom. The second-order valence-electron chi connectivity index (χ2n) is 4.35. The fourth-order valence-electron chi connectivity index (χ4n) is 1.55. The Labute approximate surface area is 133 Å². The van der Waals surface area contributed by atoms with E-state index in [0.29, 0.717) is 5.56 Å². The van der Waals surface area contributed by atoms with Crippen molar-refractivity contribution in [2.24, 2.45) is 0 Å². The lowest BCUT2D eigenvalue weighted by Gasteiger charge is -2.15. The van der Waals surface area contributed by atoms with Crippen LogP contribution in [0, 0.1) is 0 Å². The Morgan fingerprint density at radius 3 is 2.00 bits per heavy atom. The molecule has 9 heteroatoms. The molecule has 0 unspecified atom stereocenters. The molecule has 0 N–H and O–H groups in total. The number of carbonyl (C=O) groups excluding carboxylic acids is 2. The van der Waals surface area contributed by atoms with Crippen molar-refractivity contribution in [1.82, 2.24) is 0 Å². The minimum atomic E-state index is -3.79. The fourth-order valence-corrected chi connectivity index (χ4v) is 2.26. The minimum absolute atomic E-state index is 0.0460. The van der Waals surface area contributed by atoms with E-state index in [1.165, 1.54) is 26.0 Å². The highest BCUT2D eigenvalue weighted by Gasteiger charge is 2.18. The SMILES string of the molecule is CC(=O)OCc1c(Cl)ccc(OS(C)(=O)=O)c1COC(C)=O. The molecule has 122 valence electrons. The van der Waals surface area contributed by atoms with Crippen LogP contribution in [0.4, 0.5) is 0 Å². The molecule has 22 heavy (non-hydrogen) atoms. The number of benzene rings is 1. The summed E-state index contributed by atoms with van der Waals surface area (Å²) in [4.78, 5) is 21.9. The van der Waals surface area contributed by atoms with E-state index in [9.17, 15) is 18.0 Å². The molecule has 1 aromatic rings. The van der Waals surface area contributed by atoms with E-state index < -0.39 is 22.1 Å². The lowest BCUT2D eigenvalue weighted by Crippen LogP contribution is -2.12. The van der Waals surface area contributed by atoms with Crippen molar-refractivity contribution < 1.29 is 31.7 Å². The summed E-state index contributed by atoms with van der Waals surface area (Å²) in [6.45, 7) is 1.95. The van der Waals surface area contributed by atoms with Gasteiger partial charge in [0.25, 0.3) is 0 Å². The Bertz CT molecular complexity index is 682. The molecule has 0 amide bonds. The Balaban J connectivity index is 3.27. The van der Waals surface area contributed by atoms with Gasteiger partial charge in [0.1, 0.15) is 19.0 Å². The van der Waals surface area contributed by atoms with Crippen LogP contribution in [0.15, 0.2) is 12.1 Å². The van der Waals surface area contributed by atoms with Crippen LogP contribution in [-0.2, 0) is 42.4 Å². The van der Waals surface area contributed by atoms with Crippen molar-refractivity contribution in [2.45, 2.75) is 27.1 Å². The number of carbonyl (C=O) groups is 2. The van der Waals surface area contributed by atoms with Gasteiger partial charge >= 0.3 is 22.1 Å². The molecule has 0 fully saturated rings. The number of hydrogen-bond donors (Lipinski definition) is 0. The highest BCUT2D eigenvalue weighted by Crippen LogP contribution is 2.31. The summed E-state index contributed by atoms with van der Waals surface area (Å²) in [5, 5.41) is 0.226. The molecule has 0 aliphatic heterocycles. The monoisotopic (exact) mass is 350 g/mol. The van der Waals surface area contributed by atoms with Crippen molar-refractivity contribution in [1.29, 1.82) is 0 Å². The molecule has 0 saturated heterocycles. The summed E-state index contributed by atoms with van der Waals surface area (Å²) in [5.74, 6) is -1.15. The maximum atomic E-state index is 11.3. The van der Waals surface area contributed by atoms with Crippen LogP contribution in [0.3, 0.4) is 0 Å². The van der Waals surface area contributed by atoms with Gasteiger partial charge in [-0.2, -0.15) is 8.42 Å². The summed E-state index contributed by atoms with van der Waals surface area (Å²) < 4.78 is 37.2. The van der Waals surface area contributed by atoms with Gasteiger partial charge in [0.05, 0.1) is 6.26 Å². The zero-order valence-electron chi connectivity index (χ0n) is 12.2. The summed E-state index contributed by atoms with van der Waals surface area (Å²) >= 11 is 6.03. The smallest absolute Gasteiger partial charge is 0.306 e. The summed E-state index contributed by atoms with van der Waals surface area (Å²) in [6.07, 6.45) is 0.878. The fraction of sp³-hybridized carbons (Fsp3) is 0.385. The quantitative estimate of drug-likeness (QED) is 0.570. The van der Waals surface area contributed by atoms with E-state index in [0.717, 1.165) is 6.26 Å². The third kappa shape index (κ3) is 5.90. The first-order valence-electron chi connectivity index (χ1n) is 6.06. The molecule has 1 aromatic carbocycles. The molecular formula is C13H15ClO7S. The molecular weight excluding hydrogens is 336 g/mol. The van der Waals surface area contributed by atoms with Crippen LogP contribution in [0.2, 0.25) is 5.02 Å². The number of rotatable bonds is 6. The molecule has 0 aromatic heterocycles. The number of hydrogen-bond acceptors (Lipinski definition) is 7. The molecule has 0 aliphatic carbocycles. The van der Waals surface area contributed by atoms with Gasteiger partial charge in [-0.25, -0.2) is 0 Å². The van der Waals surface area contributed by atoms with Crippen LogP contribution < -0.4 is 4.18 Å². The Hall–Kier alpha value is -1.80. The van der Waals surface area contributed by atoms with Crippen molar-refractivity contribution in [2.75, 3.05) is 6.26 Å². The maximum absolute atomic E-state index is 11.3. The predicted octanol–water partition coefficient (Wildman–Crippen LogP) is 1.80. The lowest BCUT2D eigenvalue weighted by molar-refractivity contribution is -0.143. The Kier molecular flexibility index (Phi) is 6.19. The van der Waals surface area contributed by atoms with Gasteiger partial charge in [0.15, 0.2) is 0 Å². The molecule has 0 spiro atoms. The first-order valence-corrected chi connectivity index (χ1v) is 8.26. The minimum Gasteiger partial charge on any atom is -0.461 e. The van der Waals surface area contributed by atoms with E-state index in [1.54, 1.807) is 0 Å². The highest BCUT2D eigenvalue weighted by molar-refractivity contribution is 7.86. The zero-order chi connectivity index (χ0) is 16.9. The van der Waals surface area contributed by atoms with Crippen molar-refractivity contribution in [3.63, 3.8) is 0 Å². The van der Waals surface area contributed by atoms with Gasteiger partial charge in [-0.3, -0.25) is 9.59 Å². The van der Waals surface area contributed by atoms with Crippen LogP contribution in [-0.4, -0.2) is 26.6 Å². The van der Waals surface area contributed by atoms with E-state index in [1.807, 2.05) is 0 Å². The lowest BCUT2D eigenvalue weighted by atomic mass is 10.1. The van der Waals surface area contributed by atoms with Gasteiger partial charge in [0.2, 0.25) is 0 Å². The summed E-state index contributed by atoms with van der Waals surface area (Å²) in [7, 11) is -3.79. The number of esters is 2. The van der Waals surface area contributed by atoms with Crippen LogP contribution in [0.25, 0.3) is 0 Å². The summed E-state index contributed by atoms with van der Waals surface area (Å²) in [5.41, 5.74) is 0.522. The van der Waals surface area contributed by atoms with Gasteiger partial charge in [-0.15, -0.1) is 0 Å². The van der Waals surface area contributed by atoms with E-state index in [-0.39, 0.29) is 29.5 Å². The van der Waals surface area contributed by atoms with Crippen molar-refractivity contribution >= 4 is 33.7 Å². The van der Waals surface area contributed by atoms with E-state index in [2.05, 4.69) is 0 Å². The third-order valence-corrected chi connectivity index (χ3v) is 3.25. The average Bonchev–Trinajstić information content (AvgIpc) is 2.35. The molecule has 1 rings (SSSR count). The molecule has 0 saturated carbocycles. The van der Waals surface area contributed by atoms with Gasteiger partial charge in [-0.1, -0.05) is 11.6 Å². The van der Waals surface area contributed by atoms with E-state index in [4.69, 9.17) is 25.3 Å². The third-order valence-electron chi connectivity index (χ3n) is 2.41. The van der Waals surface area contributed by atoms with Gasteiger partial charge in [-0.05, 0) is 12.1 Å². The first kappa shape index (κ1) is 18.2. The number of halogens is 1. The van der Waals surface area contributed by atoms with Crippen molar-refractivity contribution in [3.8, 4) is 5.75 Å². The number of ether oxygens (including phenoxy) is 2. The predicted molar refractivity (Wildman–Crippen MR) is 77.9 cm³/mol. The van der Waals surface area contributed by atoms with Gasteiger partial charge < -0.3 is 13.7 Å². The Morgan fingerprint density at radius 1 is 1.05 bits per heavy atom. The van der Waals surface area contributed by atoms with Crippen LogP contribution >= 0.6 is 11.6 Å². The van der Waals surface area contributed by atoms with Gasteiger partial charge in [0, 0.05) is 30.0 Å². The molecule has 0 bridgehead atoms. The zero-order valence-corrected chi connectivity index (χ0v) is 13.8. The second kappa shape index (κ2) is 7.46. The normalized spacial score (nSPS) is 10.9. The maximum Gasteiger partial charge on any atom is 0.306 e. The second-order valence-corrected chi connectivity index (χ2v) is 6.33. The molecule has 0 aliphatic rings. The molecule has 7 nitrogen and oxygen atoms in total. The largest absolute Gasteiger partial charge is 0.461 e. The first-order chi connectivity index (χ1) is 10.1. The van der Waals surface area contributed by atoms with Crippen LogP contribution in [0.1, 0.15) is 25.0 Å². The average molecular weight is 351 g/mol. The molecule has 0 atom stereocenters. The van der Waals surface area contributed by atoms with E-state index >= 15 is 0 Å². The molecule has 0 heterocycles. The standard InChI is InChI=1S/C13H15ClO7S/c1-8(15)19-6-10-11(7-20-9(2)16)13(5-4-12(10)14)21-22(3,17)18/h4-5H,6-7H2,1-3H3. The van der Waals surface area contributed by atoms with Crippen molar-refractivity contribution in [3.05, 3.63) is 28.3 Å². The highest BCUT2D eigenvalue weighted by atomic mass is 35.5.